The minimum Gasteiger partial charge on any atom is -0.480 e. The number of carboxylic acid groups (broad SMARTS) is 1. The van der Waals surface area contributed by atoms with Crippen LogP contribution in [0.2, 0.25) is 5.02 Å². The van der Waals surface area contributed by atoms with Crippen LogP contribution < -0.4 is 0 Å². The Morgan fingerprint density at radius 3 is 2.37 bits per heavy atom. The van der Waals surface area contributed by atoms with Crippen molar-refractivity contribution in [2.45, 2.75) is 22.5 Å². The van der Waals surface area contributed by atoms with Gasteiger partial charge in [-0.25, -0.2) is 8.42 Å². The Kier molecular flexibility index (Phi) is 3.85. The molecule has 19 heavy (non-hydrogen) atoms. The maximum atomic E-state index is 12.7. The van der Waals surface area contributed by atoms with Crippen LogP contribution in [0.5, 0.6) is 0 Å². The Bertz CT molecular complexity index is 590. The minimum atomic E-state index is -4.07. The summed E-state index contributed by atoms with van der Waals surface area (Å²) in [6.45, 7) is 0.214. The summed E-state index contributed by atoms with van der Waals surface area (Å²) in [5.41, 5.74) is 0. The molecule has 0 aromatic heterocycles. The summed E-state index contributed by atoms with van der Waals surface area (Å²) in [6, 6.07) is 5.88. The molecule has 0 radical (unpaired) electrons. The van der Waals surface area contributed by atoms with Gasteiger partial charge in [-0.2, -0.15) is 0 Å². The second-order valence-corrected chi connectivity index (χ2v) is 6.98. The summed E-state index contributed by atoms with van der Waals surface area (Å²) < 4.78 is 28.5. The quantitative estimate of drug-likeness (QED) is 0.920. The van der Waals surface area contributed by atoms with Gasteiger partial charge in [0.25, 0.3) is 0 Å². The van der Waals surface area contributed by atoms with Crippen molar-refractivity contribution in [3.8, 4) is 0 Å². The monoisotopic (exact) mass is 304 g/mol. The van der Waals surface area contributed by atoms with Crippen molar-refractivity contribution in [2.24, 2.45) is 0 Å². The molecule has 1 aliphatic heterocycles. The molecule has 0 bridgehead atoms. The van der Waals surface area contributed by atoms with Gasteiger partial charge in [-0.1, -0.05) is 23.7 Å². The summed E-state index contributed by atoms with van der Waals surface area (Å²) in [5.74, 6) is -1.35. The van der Waals surface area contributed by atoms with Gasteiger partial charge in [-0.15, -0.1) is 0 Å². The largest absolute Gasteiger partial charge is 0.480 e. The summed E-state index contributed by atoms with van der Waals surface area (Å²) in [7, 11) is -4.07. The Balaban J connectivity index is 2.59. The zero-order valence-corrected chi connectivity index (χ0v) is 11.6. The summed E-state index contributed by atoms with van der Waals surface area (Å²) in [5, 5.41) is 9.44. The van der Waals surface area contributed by atoms with E-state index in [1.54, 1.807) is 6.07 Å². The van der Waals surface area contributed by atoms with E-state index in [-0.39, 0.29) is 36.0 Å². The van der Waals surface area contributed by atoms with Crippen molar-refractivity contribution in [1.82, 2.24) is 0 Å². The minimum absolute atomic E-state index is 0.0367. The molecule has 1 aromatic carbocycles. The normalized spacial score (nSPS) is 19.0. The fourth-order valence-electron chi connectivity index (χ4n) is 2.17. The second kappa shape index (κ2) is 5.11. The highest BCUT2D eigenvalue weighted by Gasteiger charge is 2.53. The zero-order chi connectivity index (χ0) is 14.1. The van der Waals surface area contributed by atoms with E-state index >= 15 is 0 Å². The first kappa shape index (κ1) is 14.3. The molecule has 104 valence electrons. The van der Waals surface area contributed by atoms with E-state index < -0.39 is 20.6 Å². The third-order valence-corrected chi connectivity index (χ3v) is 6.32. The smallest absolute Gasteiger partial charge is 0.325 e. The molecule has 7 heteroatoms. The van der Waals surface area contributed by atoms with Crippen LogP contribution in [0, 0.1) is 0 Å². The standard InChI is InChI=1S/C12H13ClO5S/c13-9-3-1-2-4-10(9)19(16,17)12(11(14)15)5-7-18-8-6-12/h1-4H,5-8H2,(H,14,15). The molecule has 0 unspecified atom stereocenters. The molecule has 0 amide bonds. The van der Waals surface area contributed by atoms with Crippen molar-refractivity contribution in [3.05, 3.63) is 29.3 Å². The number of hydrogen-bond acceptors (Lipinski definition) is 4. The molecule has 1 heterocycles. The highest BCUT2D eigenvalue weighted by Crippen LogP contribution is 2.37. The van der Waals surface area contributed by atoms with Gasteiger partial charge in [0, 0.05) is 26.1 Å². The third kappa shape index (κ3) is 2.24. The van der Waals surface area contributed by atoms with Crippen LogP contribution in [-0.4, -0.2) is 37.5 Å². The molecule has 1 aromatic rings. The maximum absolute atomic E-state index is 12.7. The van der Waals surface area contributed by atoms with Gasteiger partial charge in [0.05, 0.1) is 9.92 Å². The fourth-order valence-corrected chi connectivity index (χ4v) is 4.55. The summed E-state index contributed by atoms with van der Waals surface area (Å²) in [6.07, 6.45) is -0.147. The lowest BCUT2D eigenvalue weighted by atomic mass is 9.99. The van der Waals surface area contributed by atoms with E-state index in [2.05, 4.69) is 0 Å². The number of rotatable bonds is 3. The predicted molar refractivity (Wildman–Crippen MR) is 69.1 cm³/mol. The van der Waals surface area contributed by atoms with Crippen molar-refractivity contribution in [2.75, 3.05) is 13.2 Å². The van der Waals surface area contributed by atoms with E-state index in [4.69, 9.17) is 16.3 Å². The van der Waals surface area contributed by atoms with Crippen molar-refractivity contribution >= 4 is 27.4 Å². The lowest BCUT2D eigenvalue weighted by Crippen LogP contribution is -2.50. The van der Waals surface area contributed by atoms with Crippen molar-refractivity contribution in [1.29, 1.82) is 0 Å². The number of ether oxygens (including phenoxy) is 1. The first-order chi connectivity index (χ1) is 8.92. The topological polar surface area (TPSA) is 80.7 Å². The molecule has 2 rings (SSSR count). The molecule has 0 saturated carbocycles. The fraction of sp³-hybridized carbons (Fsp3) is 0.417. The SMILES string of the molecule is O=C(O)C1(S(=O)(=O)c2ccccc2Cl)CCOCC1. The number of carboxylic acids is 1. The van der Waals surface area contributed by atoms with Gasteiger partial charge < -0.3 is 9.84 Å². The highest BCUT2D eigenvalue weighted by atomic mass is 35.5. The van der Waals surface area contributed by atoms with Gasteiger partial charge >= 0.3 is 5.97 Å². The van der Waals surface area contributed by atoms with Gasteiger partial charge in [-0.3, -0.25) is 4.79 Å². The Morgan fingerprint density at radius 1 is 1.26 bits per heavy atom. The van der Waals surface area contributed by atoms with Crippen LogP contribution in [0.1, 0.15) is 12.8 Å². The van der Waals surface area contributed by atoms with E-state index in [0.29, 0.717) is 0 Å². The maximum Gasteiger partial charge on any atom is 0.325 e. The van der Waals surface area contributed by atoms with E-state index in [0.717, 1.165) is 0 Å². The lowest BCUT2D eigenvalue weighted by molar-refractivity contribution is -0.142. The average molecular weight is 305 g/mol. The number of benzene rings is 1. The molecule has 0 aliphatic carbocycles. The number of carbonyl (C=O) groups is 1. The third-order valence-electron chi connectivity index (χ3n) is 3.33. The van der Waals surface area contributed by atoms with Gasteiger partial charge in [0.2, 0.25) is 0 Å². The van der Waals surface area contributed by atoms with E-state index in [1.165, 1.54) is 18.2 Å². The average Bonchev–Trinajstić information content (AvgIpc) is 2.39. The molecule has 5 nitrogen and oxygen atoms in total. The molecular weight excluding hydrogens is 292 g/mol. The Hall–Kier alpha value is -1.11. The Labute approximate surface area is 116 Å². The zero-order valence-electron chi connectivity index (χ0n) is 10.0. The van der Waals surface area contributed by atoms with Crippen LogP contribution in [0.15, 0.2) is 29.2 Å². The molecule has 1 fully saturated rings. The van der Waals surface area contributed by atoms with Gasteiger partial charge in [-0.05, 0) is 12.1 Å². The van der Waals surface area contributed by atoms with Crippen molar-refractivity contribution in [3.63, 3.8) is 0 Å². The Morgan fingerprint density at radius 2 is 1.84 bits per heavy atom. The van der Waals surface area contributed by atoms with Gasteiger partial charge in [0.1, 0.15) is 0 Å². The van der Waals surface area contributed by atoms with Crippen LogP contribution >= 0.6 is 11.6 Å². The van der Waals surface area contributed by atoms with E-state index in [9.17, 15) is 18.3 Å². The highest BCUT2D eigenvalue weighted by molar-refractivity contribution is 7.93. The van der Waals surface area contributed by atoms with Crippen LogP contribution in [-0.2, 0) is 19.4 Å². The van der Waals surface area contributed by atoms with E-state index in [1.807, 2.05) is 0 Å². The first-order valence-electron chi connectivity index (χ1n) is 5.72. The first-order valence-corrected chi connectivity index (χ1v) is 7.58. The van der Waals surface area contributed by atoms with Crippen LogP contribution in [0.3, 0.4) is 0 Å². The second-order valence-electron chi connectivity index (χ2n) is 4.35. The molecular formula is C12H13ClO5S. The molecule has 1 saturated heterocycles. The van der Waals surface area contributed by atoms with Gasteiger partial charge in [0.15, 0.2) is 14.6 Å². The number of aliphatic carboxylic acids is 1. The molecule has 1 aliphatic rings. The van der Waals surface area contributed by atoms with Crippen LogP contribution in [0.25, 0.3) is 0 Å². The number of hydrogen-bond donors (Lipinski definition) is 1. The summed E-state index contributed by atoms with van der Waals surface area (Å²) >= 11 is 5.89. The predicted octanol–water partition coefficient (Wildman–Crippen LogP) is 1.75. The number of sulfone groups is 1. The summed E-state index contributed by atoms with van der Waals surface area (Å²) in [4.78, 5) is 11.4. The number of halogens is 1. The molecule has 0 atom stereocenters. The van der Waals surface area contributed by atoms with Crippen LogP contribution in [0.4, 0.5) is 0 Å². The molecule has 1 N–H and O–H groups in total. The lowest BCUT2D eigenvalue weighted by Gasteiger charge is -2.32. The van der Waals surface area contributed by atoms with Crippen molar-refractivity contribution < 1.29 is 23.1 Å². The molecule has 0 spiro atoms.